The van der Waals surface area contributed by atoms with E-state index < -0.39 is 12.0 Å². The number of rotatable bonds is 9. The maximum atomic E-state index is 13.1. The molecule has 1 atom stereocenters. The number of anilines is 1. The fourth-order valence-electron chi connectivity index (χ4n) is 3.74. The molecular weight excluding hydrogens is 493 g/mol. The summed E-state index contributed by atoms with van der Waals surface area (Å²) >= 11 is 12.2. The van der Waals surface area contributed by atoms with E-state index in [4.69, 9.17) is 37.4 Å². The summed E-state index contributed by atoms with van der Waals surface area (Å²) in [5, 5.41) is 16.0. The second-order valence-electron chi connectivity index (χ2n) is 7.94. The first kappa shape index (κ1) is 24.8. The highest BCUT2D eigenvalue weighted by Gasteiger charge is 2.35. The van der Waals surface area contributed by atoms with Crippen LogP contribution in [-0.4, -0.2) is 39.9 Å². The van der Waals surface area contributed by atoms with Crippen molar-refractivity contribution < 1.29 is 19.0 Å². The molecule has 3 aromatic rings. The van der Waals surface area contributed by atoms with Gasteiger partial charge in [-0.3, -0.25) is 0 Å². The van der Waals surface area contributed by atoms with E-state index in [2.05, 4.69) is 20.8 Å². The van der Waals surface area contributed by atoms with Crippen molar-refractivity contribution in [3.8, 4) is 11.5 Å². The number of carbonyl (C=O) groups is 1. The molecule has 0 aliphatic carbocycles. The van der Waals surface area contributed by atoms with E-state index >= 15 is 0 Å². The number of tetrazole rings is 1. The van der Waals surface area contributed by atoms with Crippen molar-refractivity contribution in [1.29, 1.82) is 0 Å². The molecule has 1 unspecified atom stereocenters. The summed E-state index contributed by atoms with van der Waals surface area (Å²) in [5.41, 5.74) is 2.56. The SMILES string of the molecule is CCCCOC(=O)C1=C(C)Nc2nnnn2C1c1ccc(OCc2ccc(Cl)cc2Cl)c(OC)c1. The third-order valence-corrected chi connectivity index (χ3v) is 6.15. The molecule has 0 radical (unpaired) electrons. The van der Waals surface area contributed by atoms with Gasteiger partial charge >= 0.3 is 5.97 Å². The Kier molecular flexibility index (Phi) is 7.77. The number of hydrogen-bond donors (Lipinski definition) is 1. The lowest BCUT2D eigenvalue weighted by Crippen LogP contribution is -2.30. The zero-order valence-electron chi connectivity index (χ0n) is 19.5. The van der Waals surface area contributed by atoms with Crippen molar-refractivity contribution in [2.24, 2.45) is 0 Å². The summed E-state index contributed by atoms with van der Waals surface area (Å²) in [4.78, 5) is 13.1. The number of nitrogens with one attached hydrogen (secondary N) is 1. The van der Waals surface area contributed by atoms with E-state index in [1.165, 1.54) is 0 Å². The quantitative estimate of drug-likeness (QED) is 0.305. The highest BCUT2D eigenvalue weighted by molar-refractivity contribution is 6.35. The lowest BCUT2D eigenvalue weighted by atomic mass is 9.95. The van der Waals surface area contributed by atoms with E-state index in [0.717, 1.165) is 24.0 Å². The van der Waals surface area contributed by atoms with Crippen molar-refractivity contribution in [3.63, 3.8) is 0 Å². The van der Waals surface area contributed by atoms with Gasteiger partial charge in [0.25, 0.3) is 0 Å². The molecule has 0 bridgehead atoms. The van der Waals surface area contributed by atoms with Gasteiger partial charge in [0.05, 0.1) is 19.3 Å². The number of aromatic nitrogens is 4. The highest BCUT2D eigenvalue weighted by atomic mass is 35.5. The molecule has 0 saturated heterocycles. The van der Waals surface area contributed by atoms with Crippen molar-refractivity contribution in [1.82, 2.24) is 20.2 Å². The zero-order chi connectivity index (χ0) is 24.9. The molecule has 1 aliphatic heterocycles. The Hall–Kier alpha value is -3.30. The monoisotopic (exact) mass is 517 g/mol. The molecular formula is C24H25Cl2N5O4. The van der Waals surface area contributed by atoms with E-state index in [1.807, 2.05) is 19.1 Å². The van der Waals surface area contributed by atoms with E-state index in [1.54, 1.807) is 43.0 Å². The molecule has 1 aliphatic rings. The van der Waals surface area contributed by atoms with Gasteiger partial charge in [-0.15, -0.1) is 0 Å². The number of nitrogens with zero attached hydrogens (tertiary/aromatic N) is 4. The van der Waals surface area contributed by atoms with Gasteiger partial charge in [0.2, 0.25) is 5.95 Å². The predicted molar refractivity (Wildman–Crippen MR) is 132 cm³/mol. The van der Waals surface area contributed by atoms with Gasteiger partial charge in [-0.1, -0.05) is 53.8 Å². The van der Waals surface area contributed by atoms with Gasteiger partial charge in [0.15, 0.2) is 11.5 Å². The summed E-state index contributed by atoms with van der Waals surface area (Å²) in [6.45, 7) is 4.40. The van der Waals surface area contributed by atoms with Crippen LogP contribution in [0, 0.1) is 0 Å². The first-order chi connectivity index (χ1) is 16.9. The predicted octanol–water partition coefficient (Wildman–Crippen LogP) is 5.20. The number of carbonyl (C=O) groups excluding carboxylic acids is 1. The molecule has 184 valence electrons. The van der Waals surface area contributed by atoms with Crippen LogP contribution < -0.4 is 14.8 Å². The van der Waals surface area contributed by atoms with Gasteiger partial charge in [-0.05, 0) is 53.6 Å². The summed E-state index contributed by atoms with van der Waals surface area (Å²) in [6, 6.07) is 10.0. The Balaban J connectivity index is 1.64. The molecule has 0 saturated carbocycles. The Bertz CT molecular complexity index is 1260. The largest absolute Gasteiger partial charge is 0.493 e. The van der Waals surface area contributed by atoms with Gasteiger partial charge in [-0.25, -0.2) is 4.79 Å². The van der Waals surface area contributed by atoms with Crippen molar-refractivity contribution in [3.05, 3.63) is 68.8 Å². The number of allylic oxidation sites excluding steroid dienone is 1. The summed E-state index contributed by atoms with van der Waals surface area (Å²) < 4.78 is 18.6. The average Bonchev–Trinajstić information content (AvgIpc) is 3.30. The lowest BCUT2D eigenvalue weighted by Gasteiger charge is -2.27. The molecule has 1 N–H and O–H groups in total. The van der Waals surface area contributed by atoms with Gasteiger partial charge in [0, 0.05) is 21.3 Å². The minimum Gasteiger partial charge on any atom is -0.493 e. The van der Waals surface area contributed by atoms with Crippen molar-refractivity contribution >= 4 is 35.1 Å². The third kappa shape index (κ3) is 5.36. The molecule has 1 aromatic heterocycles. The Labute approximate surface area is 213 Å². The zero-order valence-corrected chi connectivity index (χ0v) is 21.1. The topological polar surface area (TPSA) is 100 Å². The number of halogens is 2. The van der Waals surface area contributed by atoms with Crippen LogP contribution in [0.4, 0.5) is 5.95 Å². The van der Waals surface area contributed by atoms with Crippen LogP contribution in [0.1, 0.15) is 43.9 Å². The van der Waals surface area contributed by atoms with Gasteiger partial charge in [0.1, 0.15) is 12.6 Å². The molecule has 0 spiro atoms. The smallest absolute Gasteiger partial charge is 0.338 e. The second kappa shape index (κ2) is 11.0. The number of hydrogen-bond acceptors (Lipinski definition) is 8. The molecule has 0 fully saturated rings. The van der Waals surface area contributed by atoms with Crippen LogP contribution in [0.15, 0.2) is 47.7 Å². The average molecular weight is 518 g/mol. The maximum absolute atomic E-state index is 13.1. The fourth-order valence-corrected chi connectivity index (χ4v) is 4.20. The number of fused-ring (bicyclic) bond motifs is 1. The van der Waals surface area contributed by atoms with Crippen LogP contribution in [0.5, 0.6) is 11.5 Å². The summed E-state index contributed by atoms with van der Waals surface area (Å²) in [6.07, 6.45) is 1.70. The number of esters is 1. The molecule has 4 rings (SSSR count). The molecule has 2 aromatic carbocycles. The summed E-state index contributed by atoms with van der Waals surface area (Å²) in [5.74, 6) is 0.999. The molecule has 2 heterocycles. The Morgan fingerprint density at radius 3 is 2.74 bits per heavy atom. The fraction of sp³-hybridized carbons (Fsp3) is 0.333. The lowest BCUT2D eigenvalue weighted by molar-refractivity contribution is -0.139. The van der Waals surface area contributed by atoms with Crippen LogP contribution in [0.3, 0.4) is 0 Å². The number of ether oxygens (including phenoxy) is 3. The molecule has 11 heteroatoms. The van der Waals surface area contributed by atoms with Gasteiger partial charge < -0.3 is 19.5 Å². The second-order valence-corrected chi connectivity index (χ2v) is 8.78. The van der Waals surface area contributed by atoms with Crippen LogP contribution in [-0.2, 0) is 16.1 Å². The van der Waals surface area contributed by atoms with Gasteiger partial charge in [-0.2, -0.15) is 4.68 Å². The highest BCUT2D eigenvalue weighted by Crippen LogP contribution is 2.39. The van der Waals surface area contributed by atoms with Crippen molar-refractivity contribution in [2.45, 2.75) is 39.3 Å². The number of benzene rings is 2. The van der Waals surface area contributed by atoms with Crippen molar-refractivity contribution in [2.75, 3.05) is 19.0 Å². The molecule has 9 nitrogen and oxygen atoms in total. The van der Waals surface area contributed by atoms with E-state index in [0.29, 0.717) is 45.4 Å². The minimum absolute atomic E-state index is 0.226. The van der Waals surface area contributed by atoms with Crippen LogP contribution in [0.2, 0.25) is 10.0 Å². The summed E-state index contributed by atoms with van der Waals surface area (Å²) in [7, 11) is 1.55. The maximum Gasteiger partial charge on any atom is 0.338 e. The van der Waals surface area contributed by atoms with E-state index in [-0.39, 0.29) is 6.61 Å². The third-order valence-electron chi connectivity index (χ3n) is 5.57. The first-order valence-electron chi connectivity index (χ1n) is 11.1. The normalized spacial score (nSPS) is 14.8. The molecule has 0 amide bonds. The van der Waals surface area contributed by atoms with Crippen LogP contribution in [0.25, 0.3) is 0 Å². The Morgan fingerprint density at radius 1 is 1.17 bits per heavy atom. The number of methoxy groups -OCH3 is 1. The Morgan fingerprint density at radius 2 is 2.00 bits per heavy atom. The molecule has 35 heavy (non-hydrogen) atoms. The first-order valence-corrected chi connectivity index (χ1v) is 11.9. The standard InChI is InChI=1S/C24H25Cl2N5O4/c1-4-5-10-34-23(32)21-14(2)27-24-28-29-30-31(24)22(21)15-7-9-19(20(11-15)33-3)35-13-16-6-8-17(25)12-18(16)26/h6-9,11-12,22H,4-5,10,13H2,1-3H3,(H,27,28,30). The number of unbranched alkanes of at least 4 members (excludes halogenated alkanes) is 1. The van der Waals surface area contributed by atoms with Crippen LogP contribution >= 0.6 is 23.2 Å². The minimum atomic E-state index is -0.607. The van der Waals surface area contributed by atoms with E-state index in [9.17, 15) is 4.79 Å².